The molecule has 0 radical (unpaired) electrons. The lowest BCUT2D eigenvalue weighted by molar-refractivity contribution is -0.141. The second kappa shape index (κ2) is 14.8. The first-order valence-corrected chi connectivity index (χ1v) is 14.0. The lowest BCUT2D eigenvalue weighted by Crippen LogP contribution is -2.52. The maximum Gasteiger partial charge on any atom is 0.243 e. The fourth-order valence-corrected chi connectivity index (χ4v) is 4.85. The molecule has 0 spiro atoms. The van der Waals surface area contributed by atoms with Crippen LogP contribution in [0.5, 0.6) is 0 Å². The third-order valence-corrected chi connectivity index (χ3v) is 7.51. The molecule has 3 rings (SSSR count). The van der Waals surface area contributed by atoms with Crippen LogP contribution >= 0.6 is 23.4 Å². The molecule has 0 fully saturated rings. The average Bonchev–Trinajstić information content (AvgIpc) is 2.91. The molecule has 0 saturated carbocycles. The quantitative estimate of drug-likeness (QED) is 0.189. The Morgan fingerprint density at radius 2 is 1.65 bits per heavy atom. The summed E-state index contributed by atoms with van der Waals surface area (Å²) in [6.45, 7) is 4.20. The first-order valence-electron chi connectivity index (χ1n) is 12.6. The van der Waals surface area contributed by atoms with Crippen molar-refractivity contribution in [1.82, 2.24) is 10.2 Å². The van der Waals surface area contributed by atoms with Crippen LogP contribution in [0, 0.1) is 5.82 Å². The minimum absolute atomic E-state index is 0.00989. The van der Waals surface area contributed by atoms with Crippen molar-refractivity contribution in [2.45, 2.75) is 63.1 Å². The van der Waals surface area contributed by atoms with Crippen molar-refractivity contribution in [3.63, 3.8) is 0 Å². The number of carbonyl (C=O) groups excluding carboxylic acids is 2. The summed E-state index contributed by atoms with van der Waals surface area (Å²) in [5.41, 5.74) is 1.75. The van der Waals surface area contributed by atoms with E-state index in [4.69, 9.17) is 11.6 Å². The van der Waals surface area contributed by atoms with Crippen molar-refractivity contribution >= 4 is 35.2 Å². The van der Waals surface area contributed by atoms with Crippen molar-refractivity contribution in [2.75, 3.05) is 5.75 Å². The monoisotopic (exact) mass is 540 g/mol. The number of nitrogens with zero attached hydrogens (tertiary/aromatic N) is 1. The number of carbonyl (C=O) groups is 2. The van der Waals surface area contributed by atoms with Crippen LogP contribution in [-0.2, 0) is 22.6 Å². The Morgan fingerprint density at radius 1 is 0.973 bits per heavy atom. The average molecular weight is 541 g/mol. The second-order valence-corrected chi connectivity index (χ2v) is 10.7. The smallest absolute Gasteiger partial charge is 0.243 e. The van der Waals surface area contributed by atoms with Crippen LogP contribution in [0.3, 0.4) is 0 Å². The molecule has 0 bridgehead atoms. The Kier molecular flexibility index (Phi) is 11.5. The summed E-state index contributed by atoms with van der Waals surface area (Å²) in [4.78, 5) is 29.8. The zero-order chi connectivity index (χ0) is 26.6. The Balaban J connectivity index is 1.78. The van der Waals surface area contributed by atoms with Crippen LogP contribution in [0.1, 0.15) is 44.2 Å². The molecule has 2 atom stereocenters. The van der Waals surface area contributed by atoms with Crippen LogP contribution in [0.25, 0.3) is 0 Å². The van der Waals surface area contributed by atoms with Crippen molar-refractivity contribution in [1.29, 1.82) is 0 Å². The summed E-state index contributed by atoms with van der Waals surface area (Å²) in [7, 11) is 0. The molecule has 4 nitrogen and oxygen atoms in total. The molecule has 0 aliphatic carbocycles. The van der Waals surface area contributed by atoms with Crippen molar-refractivity contribution in [3.8, 4) is 0 Å². The number of nitrogens with one attached hydrogen (secondary N) is 1. The van der Waals surface area contributed by atoms with E-state index in [1.54, 1.807) is 28.8 Å². The van der Waals surface area contributed by atoms with Gasteiger partial charge >= 0.3 is 0 Å². The lowest BCUT2D eigenvalue weighted by atomic mass is 10.0. The molecule has 196 valence electrons. The molecule has 0 heterocycles. The minimum atomic E-state index is -0.683. The van der Waals surface area contributed by atoms with Crippen molar-refractivity contribution < 1.29 is 14.0 Å². The van der Waals surface area contributed by atoms with E-state index in [1.165, 1.54) is 12.1 Å². The van der Waals surface area contributed by atoms with Crippen molar-refractivity contribution in [3.05, 3.63) is 101 Å². The highest BCUT2D eigenvalue weighted by molar-refractivity contribution is 7.99. The Morgan fingerprint density at radius 3 is 2.30 bits per heavy atom. The third kappa shape index (κ3) is 9.52. The molecule has 0 aliphatic rings. The van der Waals surface area contributed by atoms with E-state index in [2.05, 4.69) is 5.32 Å². The Labute approximate surface area is 228 Å². The first kappa shape index (κ1) is 28.7. The van der Waals surface area contributed by atoms with E-state index in [-0.39, 0.29) is 30.2 Å². The zero-order valence-electron chi connectivity index (χ0n) is 21.3. The molecule has 0 aliphatic heterocycles. The fraction of sp³-hybridized carbons (Fsp3) is 0.333. The van der Waals surface area contributed by atoms with Crippen LogP contribution in [0.2, 0.25) is 5.02 Å². The van der Waals surface area contributed by atoms with Gasteiger partial charge < -0.3 is 10.2 Å². The van der Waals surface area contributed by atoms with Gasteiger partial charge in [0.25, 0.3) is 0 Å². The van der Waals surface area contributed by atoms with E-state index in [0.29, 0.717) is 24.3 Å². The maximum absolute atomic E-state index is 13.6. The number of thioether (sulfide) groups is 1. The van der Waals surface area contributed by atoms with Gasteiger partial charge in [0.2, 0.25) is 11.8 Å². The topological polar surface area (TPSA) is 49.4 Å². The van der Waals surface area contributed by atoms with Gasteiger partial charge in [-0.15, -0.1) is 11.8 Å². The van der Waals surface area contributed by atoms with Gasteiger partial charge in [-0.2, -0.15) is 0 Å². The summed E-state index contributed by atoms with van der Waals surface area (Å²) < 4.78 is 13.6. The summed E-state index contributed by atoms with van der Waals surface area (Å²) in [5.74, 6) is 0.154. The molecule has 0 saturated heterocycles. The van der Waals surface area contributed by atoms with Crippen molar-refractivity contribution in [2.24, 2.45) is 0 Å². The molecule has 0 unspecified atom stereocenters. The highest BCUT2D eigenvalue weighted by Gasteiger charge is 2.30. The highest BCUT2D eigenvalue weighted by atomic mass is 35.5. The number of amides is 2. The summed E-state index contributed by atoms with van der Waals surface area (Å²) in [6, 6.07) is 22.7. The predicted octanol–water partition coefficient (Wildman–Crippen LogP) is 6.91. The van der Waals surface area contributed by atoms with E-state index < -0.39 is 6.04 Å². The minimum Gasteiger partial charge on any atom is -0.352 e. The molecule has 0 aromatic heterocycles. The van der Waals surface area contributed by atoms with Gasteiger partial charge in [0.15, 0.2) is 0 Å². The molecule has 7 heteroatoms. The molecule has 1 N–H and O–H groups in total. The molecular formula is C30H34ClFN2O2S. The van der Waals surface area contributed by atoms with Gasteiger partial charge in [0.1, 0.15) is 11.9 Å². The van der Waals surface area contributed by atoms with Gasteiger partial charge in [-0.25, -0.2) is 4.39 Å². The van der Waals surface area contributed by atoms with E-state index in [9.17, 15) is 14.0 Å². The summed E-state index contributed by atoms with van der Waals surface area (Å²) in [6.07, 6.45) is 2.16. The molecule has 3 aromatic carbocycles. The predicted molar refractivity (Wildman–Crippen MR) is 150 cm³/mol. The SMILES string of the molecule is CC[C@@H](C)NC(=O)[C@H](Cc1ccccc1)N(Cc1ccc(F)cc1)C(=O)CCCSc1ccc(Cl)cc1. The number of hydrogen-bond acceptors (Lipinski definition) is 3. The van der Waals surface area contributed by atoms with E-state index in [0.717, 1.165) is 28.2 Å². The van der Waals surface area contributed by atoms with Crippen LogP contribution in [-0.4, -0.2) is 34.6 Å². The number of halogens is 2. The normalized spacial score (nSPS) is 12.5. The molecular weight excluding hydrogens is 507 g/mol. The Hall–Kier alpha value is -2.83. The van der Waals surface area contributed by atoms with E-state index >= 15 is 0 Å². The first-order chi connectivity index (χ1) is 17.9. The summed E-state index contributed by atoms with van der Waals surface area (Å²) >= 11 is 7.63. The number of hydrogen-bond donors (Lipinski definition) is 1. The van der Waals surface area contributed by atoms with E-state index in [1.807, 2.05) is 68.4 Å². The second-order valence-electron chi connectivity index (χ2n) is 9.08. The zero-order valence-corrected chi connectivity index (χ0v) is 22.9. The highest BCUT2D eigenvalue weighted by Crippen LogP contribution is 2.22. The molecule has 2 amide bonds. The van der Waals surface area contributed by atoms with Gasteiger partial charge in [0, 0.05) is 35.3 Å². The summed E-state index contributed by atoms with van der Waals surface area (Å²) in [5, 5.41) is 3.76. The number of rotatable bonds is 13. The van der Waals surface area contributed by atoms with Gasteiger partial charge in [-0.3, -0.25) is 9.59 Å². The Bertz CT molecular complexity index is 1130. The fourth-order valence-electron chi connectivity index (χ4n) is 3.87. The van der Waals surface area contributed by atoms with Gasteiger partial charge in [0.05, 0.1) is 0 Å². The maximum atomic E-state index is 13.6. The van der Waals surface area contributed by atoms with Gasteiger partial charge in [-0.05, 0) is 73.0 Å². The number of benzene rings is 3. The third-order valence-electron chi connectivity index (χ3n) is 6.16. The largest absolute Gasteiger partial charge is 0.352 e. The van der Waals surface area contributed by atoms with Crippen LogP contribution in [0.4, 0.5) is 4.39 Å². The standard InChI is InChI=1S/C30H34ClFN2O2S/c1-3-22(2)33-30(36)28(20-23-8-5-4-6-9-23)34(21-24-11-15-26(32)16-12-24)29(35)10-7-19-37-27-17-13-25(31)14-18-27/h4-6,8-9,11-18,22,28H,3,7,10,19-21H2,1-2H3,(H,33,36)/t22-,28+/m1/s1. The molecule has 3 aromatic rings. The van der Waals surface area contributed by atoms with Gasteiger partial charge in [-0.1, -0.05) is 61.0 Å². The van der Waals surface area contributed by atoms with Crippen LogP contribution in [0.15, 0.2) is 83.8 Å². The molecule has 37 heavy (non-hydrogen) atoms. The lowest BCUT2D eigenvalue weighted by Gasteiger charge is -2.32. The van der Waals surface area contributed by atoms with Crippen LogP contribution < -0.4 is 5.32 Å².